The molecule has 2 aromatic carbocycles. The van der Waals surface area contributed by atoms with Gasteiger partial charge in [0.2, 0.25) is 11.8 Å². The van der Waals surface area contributed by atoms with Crippen LogP contribution in [0.3, 0.4) is 0 Å². The van der Waals surface area contributed by atoms with Crippen LogP contribution in [0.25, 0.3) is 5.57 Å². The largest absolute Gasteiger partial charge is 0.445 e. The first-order valence-electron chi connectivity index (χ1n) is 11.9. The summed E-state index contributed by atoms with van der Waals surface area (Å²) in [5.41, 5.74) is -2.08. The van der Waals surface area contributed by atoms with Crippen LogP contribution in [0.15, 0.2) is 65.4 Å². The average Bonchev–Trinajstić information content (AvgIpc) is 3.52. The van der Waals surface area contributed by atoms with Gasteiger partial charge in [0.25, 0.3) is 0 Å². The van der Waals surface area contributed by atoms with Crippen LogP contribution in [-0.2, 0) is 21.9 Å². The molecule has 3 aromatic rings. The van der Waals surface area contributed by atoms with Crippen LogP contribution >= 0.6 is 0 Å². The molecule has 0 N–H and O–H groups in total. The Balaban J connectivity index is 1.49. The van der Waals surface area contributed by atoms with Gasteiger partial charge >= 0.3 is 12.4 Å². The minimum Gasteiger partial charge on any atom is -0.445 e. The molecule has 206 valence electrons. The predicted octanol–water partition coefficient (Wildman–Crippen LogP) is 6.78. The van der Waals surface area contributed by atoms with E-state index in [1.54, 1.807) is 0 Å². The molecule has 0 aliphatic carbocycles. The van der Waals surface area contributed by atoms with Crippen LogP contribution in [-0.4, -0.2) is 34.5 Å². The van der Waals surface area contributed by atoms with E-state index in [9.17, 15) is 35.5 Å². The minimum atomic E-state index is -5.01. The second-order valence-electron chi connectivity index (χ2n) is 9.50. The topological polar surface area (TPSA) is 55.6 Å². The van der Waals surface area contributed by atoms with Crippen molar-refractivity contribution in [2.45, 2.75) is 49.9 Å². The van der Waals surface area contributed by atoms with Gasteiger partial charge < -0.3 is 14.1 Å². The molecule has 1 aromatic heterocycles. The maximum Gasteiger partial charge on any atom is 0.416 e. The number of oxazole rings is 1. The highest BCUT2D eigenvalue weighted by Gasteiger charge is 2.48. The molecule has 2 unspecified atom stereocenters. The Morgan fingerprint density at radius 3 is 2.23 bits per heavy atom. The van der Waals surface area contributed by atoms with Gasteiger partial charge in [-0.3, -0.25) is 4.79 Å². The van der Waals surface area contributed by atoms with E-state index in [2.05, 4.69) is 4.98 Å². The third kappa shape index (κ3) is 5.42. The molecule has 5 nitrogen and oxygen atoms in total. The number of hydrogen-bond acceptors (Lipinski definition) is 4. The van der Waals surface area contributed by atoms with E-state index in [4.69, 9.17) is 9.15 Å². The minimum absolute atomic E-state index is 0.0241. The Labute approximate surface area is 217 Å². The number of halogens is 7. The monoisotopic (exact) mass is 554 g/mol. The van der Waals surface area contributed by atoms with Crippen molar-refractivity contribution in [1.29, 1.82) is 0 Å². The SMILES string of the molecule is C[C@@H](OC1CN2C(=O)C=C(c3ncco3)CC2[C@@H]1c1ccc(F)cc1)c1cc(C(F)(F)F)cc(C(F)(F)F)c1. The molecule has 2 aliphatic heterocycles. The summed E-state index contributed by atoms with van der Waals surface area (Å²) in [6.45, 7) is 1.38. The maximum absolute atomic E-state index is 13.7. The lowest BCUT2D eigenvalue weighted by molar-refractivity contribution is -0.143. The number of amides is 1. The zero-order valence-corrected chi connectivity index (χ0v) is 20.3. The van der Waals surface area contributed by atoms with Gasteiger partial charge in [0.1, 0.15) is 12.1 Å². The number of ether oxygens (including phenoxy) is 1. The molecule has 1 amide bonds. The average molecular weight is 554 g/mol. The van der Waals surface area contributed by atoms with E-state index in [0.29, 0.717) is 29.7 Å². The normalized spacial score (nSPS) is 22.6. The lowest BCUT2D eigenvalue weighted by Gasteiger charge is -2.32. The summed E-state index contributed by atoms with van der Waals surface area (Å²) in [5, 5.41) is 0. The number of benzene rings is 2. The highest BCUT2D eigenvalue weighted by atomic mass is 19.4. The summed E-state index contributed by atoms with van der Waals surface area (Å²) in [4.78, 5) is 18.7. The molecule has 0 bridgehead atoms. The molecule has 12 heteroatoms. The Hall–Kier alpha value is -3.67. The van der Waals surface area contributed by atoms with E-state index >= 15 is 0 Å². The molecule has 1 fully saturated rings. The van der Waals surface area contributed by atoms with Gasteiger partial charge in [0.05, 0.1) is 29.5 Å². The smallest absolute Gasteiger partial charge is 0.416 e. The number of nitrogens with zero attached hydrogens (tertiary/aromatic N) is 2. The van der Waals surface area contributed by atoms with Crippen LogP contribution in [0.2, 0.25) is 0 Å². The quantitative estimate of drug-likeness (QED) is 0.327. The first-order valence-corrected chi connectivity index (χ1v) is 11.9. The van der Waals surface area contributed by atoms with Gasteiger partial charge in [0, 0.05) is 30.2 Å². The summed E-state index contributed by atoms with van der Waals surface area (Å²) in [7, 11) is 0. The van der Waals surface area contributed by atoms with Crippen molar-refractivity contribution in [2.24, 2.45) is 0 Å². The van der Waals surface area contributed by atoms with Crippen molar-refractivity contribution in [3.05, 3.63) is 95.0 Å². The van der Waals surface area contributed by atoms with Gasteiger partial charge in [-0.15, -0.1) is 0 Å². The number of hydrogen-bond donors (Lipinski definition) is 0. The molecule has 4 atom stereocenters. The number of carbonyl (C=O) groups is 1. The van der Waals surface area contributed by atoms with Crippen molar-refractivity contribution >= 4 is 11.5 Å². The molecule has 0 spiro atoms. The Morgan fingerprint density at radius 1 is 1.03 bits per heavy atom. The highest BCUT2D eigenvalue weighted by Crippen LogP contribution is 2.45. The standard InChI is InChI=1S/C27H21F7N2O3/c1-14(16-8-18(26(29,30)31)12-19(9-16)27(32,33)34)39-22-13-36-21(24(22)15-2-4-20(28)5-3-15)10-17(11-23(36)37)25-35-6-7-38-25/h2-9,11-12,14,21-22,24H,10,13H2,1H3/t14-,21?,22?,24+/m1/s1. The molecule has 2 aliphatic rings. The summed E-state index contributed by atoms with van der Waals surface area (Å²) in [5.74, 6) is -1.18. The number of alkyl halides is 6. The van der Waals surface area contributed by atoms with Gasteiger partial charge in [0.15, 0.2) is 0 Å². The fourth-order valence-electron chi connectivity index (χ4n) is 5.23. The first-order chi connectivity index (χ1) is 18.3. The van der Waals surface area contributed by atoms with Gasteiger partial charge in [-0.2, -0.15) is 26.3 Å². The van der Waals surface area contributed by atoms with Crippen LogP contribution in [0.4, 0.5) is 30.7 Å². The second kappa shape index (κ2) is 9.82. The van der Waals surface area contributed by atoms with Crippen molar-refractivity contribution in [3.63, 3.8) is 0 Å². The van der Waals surface area contributed by atoms with Crippen molar-refractivity contribution in [2.75, 3.05) is 6.54 Å². The zero-order chi connectivity index (χ0) is 28.1. The fraction of sp³-hybridized carbons (Fsp3) is 0.333. The maximum atomic E-state index is 13.7. The first kappa shape index (κ1) is 26.9. The zero-order valence-electron chi connectivity index (χ0n) is 20.3. The van der Waals surface area contributed by atoms with Gasteiger partial charge in [-0.1, -0.05) is 12.1 Å². The molecule has 1 saturated heterocycles. The van der Waals surface area contributed by atoms with E-state index in [1.807, 2.05) is 0 Å². The summed E-state index contributed by atoms with van der Waals surface area (Å²) >= 11 is 0. The van der Waals surface area contributed by atoms with E-state index in [0.717, 1.165) is 0 Å². The third-order valence-corrected chi connectivity index (χ3v) is 7.02. The summed E-state index contributed by atoms with van der Waals surface area (Å²) in [6.07, 6.45) is -7.57. The summed E-state index contributed by atoms with van der Waals surface area (Å²) < 4.78 is 106. The molecular formula is C27H21F7N2O3. The van der Waals surface area contributed by atoms with E-state index in [-0.39, 0.29) is 30.0 Å². The Morgan fingerprint density at radius 2 is 1.67 bits per heavy atom. The summed E-state index contributed by atoms with van der Waals surface area (Å²) in [6, 6.07) is 6.31. The molecule has 0 saturated carbocycles. The Bertz CT molecular complexity index is 1350. The van der Waals surface area contributed by atoms with Gasteiger partial charge in [-0.25, -0.2) is 9.37 Å². The number of rotatable bonds is 5. The van der Waals surface area contributed by atoms with E-state index in [1.165, 1.54) is 54.6 Å². The lowest BCUT2D eigenvalue weighted by Crippen LogP contribution is -2.39. The van der Waals surface area contributed by atoms with Gasteiger partial charge in [-0.05, 0) is 54.8 Å². The second-order valence-corrected chi connectivity index (χ2v) is 9.50. The van der Waals surface area contributed by atoms with Crippen molar-refractivity contribution < 1.29 is 44.7 Å². The van der Waals surface area contributed by atoms with Crippen LogP contribution in [0, 0.1) is 5.82 Å². The molecule has 5 rings (SSSR count). The van der Waals surface area contributed by atoms with Crippen LogP contribution in [0.5, 0.6) is 0 Å². The highest BCUT2D eigenvalue weighted by molar-refractivity contribution is 5.97. The van der Waals surface area contributed by atoms with E-state index < -0.39 is 53.5 Å². The van der Waals surface area contributed by atoms with Crippen molar-refractivity contribution in [3.8, 4) is 0 Å². The predicted molar refractivity (Wildman–Crippen MR) is 123 cm³/mol. The molecule has 39 heavy (non-hydrogen) atoms. The fourth-order valence-corrected chi connectivity index (χ4v) is 5.23. The number of carbonyl (C=O) groups excluding carboxylic acids is 1. The van der Waals surface area contributed by atoms with Crippen LogP contribution in [0.1, 0.15) is 53.5 Å². The van der Waals surface area contributed by atoms with Crippen LogP contribution < -0.4 is 0 Å². The number of fused-ring (bicyclic) bond motifs is 1. The molecule has 0 radical (unpaired) electrons. The molecule has 3 heterocycles. The third-order valence-electron chi connectivity index (χ3n) is 7.02. The Kier molecular flexibility index (Phi) is 6.78. The number of aromatic nitrogens is 1. The lowest BCUT2D eigenvalue weighted by atomic mass is 9.85. The van der Waals surface area contributed by atoms with Crippen molar-refractivity contribution in [1.82, 2.24) is 9.88 Å². The molecular weight excluding hydrogens is 533 g/mol.